The average Bonchev–Trinajstić information content (AvgIpc) is 2.14. The Balaban J connectivity index is 2.39. The van der Waals surface area contributed by atoms with Crippen LogP contribution in [0.25, 0.3) is 0 Å². The summed E-state index contributed by atoms with van der Waals surface area (Å²) in [5, 5.41) is 11.5. The molecule has 0 aliphatic carbocycles. The van der Waals surface area contributed by atoms with Crippen LogP contribution in [-0.4, -0.2) is 28.2 Å². The van der Waals surface area contributed by atoms with Crippen LogP contribution in [0.5, 0.6) is 0 Å². The summed E-state index contributed by atoms with van der Waals surface area (Å²) in [6.45, 7) is 1.67. The molecule has 0 bridgehead atoms. The van der Waals surface area contributed by atoms with E-state index in [1.807, 2.05) is 0 Å². The third kappa shape index (κ3) is 1.59. The minimum atomic E-state index is -0.443. The quantitative estimate of drug-likeness (QED) is 0.528. The number of aliphatic hydroxyl groups is 1. The third-order valence-corrected chi connectivity index (χ3v) is 2.44. The lowest BCUT2D eigenvalue weighted by Gasteiger charge is -2.10. The van der Waals surface area contributed by atoms with Crippen molar-refractivity contribution >= 4 is 17.7 Å². The summed E-state index contributed by atoms with van der Waals surface area (Å²) < 4.78 is 0. The number of hydrogen-bond donors (Lipinski definition) is 2. The van der Waals surface area contributed by atoms with Gasteiger partial charge in [0.05, 0.1) is 11.9 Å². The van der Waals surface area contributed by atoms with Gasteiger partial charge >= 0.3 is 0 Å². The number of carbonyl (C=O) groups is 1. The molecule has 1 amide bonds. The number of carbonyl (C=O) groups excluding carboxylic acids is 1. The first-order valence-corrected chi connectivity index (χ1v) is 3.84. The zero-order valence-electron chi connectivity index (χ0n) is 5.13. The highest BCUT2D eigenvalue weighted by Gasteiger charge is 2.24. The van der Waals surface area contributed by atoms with E-state index in [4.69, 9.17) is 5.11 Å². The Morgan fingerprint density at radius 2 is 2.67 bits per heavy atom. The van der Waals surface area contributed by atoms with E-state index in [2.05, 4.69) is 5.32 Å². The first kappa shape index (κ1) is 6.89. The van der Waals surface area contributed by atoms with E-state index in [0.717, 1.165) is 0 Å². The number of amides is 1. The smallest absolute Gasteiger partial charge is 0.231 e. The lowest BCUT2D eigenvalue weighted by atomic mass is 10.4. The number of thioether (sulfide) groups is 1. The summed E-state index contributed by atoms with van der Waals surface area (Å²) in [7, 11) is 0. The molecule has 0 radical (unpaired) electrons. The van der Waals surface area contributed by atoms with E-state index in [0.29, 0.717) is 5.75 Å². The number of aliphatic hydroxyl groups excluding tert-OH is 1. The van der Waals surface area contributed by atoms with Crippen molar-refractivity contribution in [2.45, 2.75) is 18.4 Å². The van der Waals surface area contributed by atoms with Gasteiger partial charge in [-0.3, -0.25) is 4.79 Å². The van der Waals surface area contributed by atoms with Gasteiger partial charge in [-0.2, -0.15) is 0 Å². The monoisotopic (exact) mass is 147 g/mol. The highest BCUT2D eigenvalue weighted by atomic mass is 32.2. The van der Waals surface area contributed by atoms with Gasteiger partial charge in [0.25, 0.3) is 0 Å². The molecule has 2 N–H and O–H groups in total. The van der Waals surface area contributed by atoms with Crippen LogP contribution in [-0.2, 0) is 4.79 Å². The molecule has 1 aliphatic rings. The van der Waals surface area contributed by atoms with Crippen molar-refractivity contribution in [3.63, 3.8) is 0 Å². The minimum absolute atomic E-state index is 0.0194. The molecule has 0 aromatic heterocycles. The second kappa shape index (κ2) is 2.58. The highest BCUT2D eigenvalue weighted by Crippen LogP contribution is 2.17. The molecule has 2 atom stereocenters. The molecule has 9 heavy (non-hydrogen) atoms. The molecular formula is C5H9NO2S. The molecule has 4 heteroatoms. The van der Waals surface area contributed by atoms with Gasteiger partial charge in [0.2, 0.25) is 5.91 Å². The fraction of sp³-hybridized carbons (Fsp3) is 0.800. The van der Waals surface area contributed by atoms with E-state index in [-0.39, 0.29) is 11.3 Å². The van der Waals surface area contributed by atoms with Gasteiger partial charge in [-0.1, -0.05) is 0 Å². The van der Waals surface area contributed by atoms with Crippen molar-refractivity contribution < 1.29 is 9.90 Å². The summed E-state index contributed by atoms with van der Waals surface area (Å²) in [4.78, 5) is 10.5. The molecule has 52 valence electrons. The molecule has 2 unspecified atom stereocenters. The van der Waals surface area contributed by atoms with Crippen LogP contribution in [0.1, 0.15) is 6.92 Å². The fourth-order valence-electron chi connectivity index (χ4n) is 0.667. The Hall–Kier alpha value is -0.220. The zero-order valence-corrected chi connectivity index (χ0v) is 5.94. The van der Waals surface area contributed by atoms with Gasteiger partial charge in [0.1, 0.15) is 5.37 Å². The molecule has 0 aromatic rings. The predicted octanol–water partition coefficient (Wildman–Crippen LogP) is -0.444. The first-order valence-electron chi connectivity index (χ1n) is 2.79. The van der Waals surface area contributed by atoms with Crippen molar-refractivity contribution in [3.05, 3.63) is 0 Å². The predicted molar refractivity (Wildman–Crippen MR) is 36.1 cm³/mol. The van der Waals surface area contributed by atoms with E-state index < -0.39 is 6.10 Å². The maximum atomic E-state index is 10.5. The molecule has 1 rings (SSSR count). The largest absolute Gasteiger partial charge is 0.390 e. The van der Waals surface area contributed by atoms with Gasteiger partial charge in [0.15, 0.2) is 0 Å². The Labute approximate surface area is 57.8 Å². The van der Waals surface area contributed by atoms with E-state index in [1.54, 1.807) is 6.92 Å². The van der Waals surface area contributed by atoms with Gasteiger partial charge < -0.3 is 10.4 Å². The van der Waals surface area contributed by atoms with Gasteiger partial charge in [-0.25, -0.2) is 0 Å². The molecule has 0 spiro atoms. The van der Waals surface area contributed by atoms with Crippen molar-refractivity contribution in [2.75, 3.05) is 5.75 Å². The van der Waals surface area contributed by atoms with Gasteiger partial charge in [-0.05, 0) is 6.92 Å². The SMILES string of the molecule is CC(O)C1NC(=O)CS1. The van der Waals surface area contributed by atoms with E-state index in [1.165, 1.54) is 11.8 Å². The lowest BCUT2D eigenvalue weighted by Crippen LogP contribution is -2.33. The lowest BCUT2D eigenvalue weighted by molar-refractivity contribution is -0.118. The summed E-state index contributed by atoms with van der Waals surface area (Å²) >= 11 is 1.45. The van der Waals surface area contributed by atoms with Crippen LogP contribution >= 0.6 is 11.8 Å². The Kier molecular flexibility index (Phi) is 1.97. The Morgan fingerprint density at radius 1 is 2.00 bits per heavy atom. The first-order chi connectivity index (χ1) is 4.20. The molecule has 1 fully saturated rings. The van der Waals surface area contributed by atoms with Crippen molar-refractivity contribution in [1.29, 1.82) is 0 Å². The molecule has 3 nitrogen and oxygen atoms in total. The van der Waals surface area contributed by atoms with Crippen LogP contribution in [0.15, 0.2) is 0 Å². The molecule has 1 saturated heterocycles. The van der Waals surface area contributed by atoms with Crippen LogP contribution in [0, 0.1) is 0 Å². The normalized spacial score (nSPS) is 30.0. The second-order valence-corrected chi connectivity index (χ2v) is 3.17. The van der Waals surface area contributed by atoms with Crippen LogP contribution < -0.4 is 5.32 Å². The van der Waals surface area contributed by atoms with Gasteiger partial charge in [0, 0.05) is 0 Å². The summed E-state index contributed by atoms with van der Waals surface area (Å²) in [6.07, 6.45) is -0.443. The maximum Gasteiger partial charge on any atom is 0.231 e. The molecule has 0 aromatic carbocycles. The minimum Gasteiger partial charge on any atom is -0.390 e. The number of nitrogens with one attached hydrogen (secondary N) is 1. The van der Waals surface area contributed by atoms with Crippen molar-refractivity contribution in [1.82, 2.24) is 5.32 Å². The average molecular weight is 147 g/mol. The van der Waals surface area contributed by atoms with E-state index >= 15 is 0 Å². The number of hydrogen-bond acceptors (Lipinski definition) is 3. The fourth-order valence-corrected chi connectivity index (χ4v) is 1.57. The van der Waals surface area contributed by atoms with Gasteiger partial charge in [-0.15, -0.1) is 11.8 Å². The van der Waals surface area contributed by atoms with Crippen molar-refractivity contribution in [2.24, 2.45) is 0 Å². The molecule has 0 saturated carbocycles. The number of rotatable bonds is 1. The standard InChI is InChI=1S/C5H9NO2S/c1-3(7)5-6-4(8)2-9-5/h3,5,7H,2H2,1H3,(H,6,8). The molecule has 1 aliphatic heterocycles. The topological polar surface area (TPSA) is 49.3 Å². The van der Waals surface area contributed by atoms with Crippen LogP contribution in [0.4, 0.5) is 0 Å². The summed E-state index contributed by atoms with van der Waals surface area (Å²) in [5.41, 5.74) is 0. The molecular weight excluding hydrogens is 138 g/mol. The maximum absolute atomic E-state index is 10.5. The third-order valence-electron chi connectivity index (χ3n) is 1.14. The Bertz CT molecular complexity index is 126. The summed E-state index contributed by atoms with van der Waals surface area (Å²) in [6, 6.07) is 0. The Morgan fingerprint density at radius 3 is 2.89 bits per heavy atom. The summed E-state index contributed by atoms with van der Waals surface area (Å²) in [5.74, 6) is 0.501. The zero-order chi connectivity index (χ0) is 6.85. The van der Waals surface area contributed by atoms with Crippen LogP contribution in [0.3, 0.4) is 0 Å². The molecule has 1 heterocycles. The van der Waals surface area contributed by atoms with Crippen molar-refractivity contribution in [3.8, 4) is 0 Å². The van der Waals surface area contributed by atoms with E-state index in [9.17, 15) is 4.79 Å². The second-order valence-electron chi connectivity index (χ2n) is 2.04. The highest BCUT2D eigenvalue weighted by molar-refractivity contribution is 8.01. The van der Waals surface area contributed by atoms with Crippen LogP contribution in [0.2, 0.25) is 0 Å².